The number of nitrogens with one attached hydrogen (secondary N) is 1. The molecule has 18 heavy (non-hydrogen) atoms. The summed E-state index contributed by atoms with van der Waals surface area (Å²) in [4.78, 5) is 20.2. The van der Waals surface area contributed by atoms with Crippen molar-refractivity contribution >= 4 is 23.1 Å². The number of carbonyl (C=O) groups is 1. The van der Waals surface area contributed by atoms with Crippen LogP contribution in [0.3, 0.4) is 0 Å². The van der Waals surface area contributed by atoms with E-state index in [-0.39, 0.29) is 11.9 Å². The second-order valence-corrected chi connectivity index (χ2v) is 4.68. The maximum atomic E-state index is 12.0. The van der Waals surface area contributed by atoms with Gasteiger partial charge in [-0.3, -0.25) is 4.79 Å². The van der Waals surface area contributed by atoms with E-state index in [1.165, 1.54) is 11.3 Å². The van der Waals surface area contributed by atoms with Gasteiger partial charge in [0.2, 0.25) is 0 Å². The van der Waals surface area contributed by atoms with Gasteiger partial charge >= 0.3 is 0 Å². The summed E-state index contributed by atoms with van der Waals surface area (Å²) in [6.07, 6.45) is 2.51. The quantitative estimate of drug-likeness (QED) is 0.883. The van der Waals surface area contributed by atoms with Crippen molar-refractivity contribution in [1.82, 2.24) is 15.3 Å². The van der Waals surface area contributed by atoms with Crippen LogP contribution in [0, 0.1) is 0 Å². The molecule has 2 aromatic rings. The third kappa shape index (κ3) is 2.84. The molecule has 0 fully saturated rings. The van der Waals surface area contributed by atoms with Crippen LogP contribution in [0.1, 0.15) is 34.9 Å². The Labute approximate surface area is 109 Å². The molecule has 1 unspecified atom stereocenters. The summed E-state index contributed by atoms with van der Waals surface area (Å²) >= 11 is 1.53. The second kappa shape index (κ2) is 5.59. The lowest BCUT2D eigenvalue weighted by atomic mass is 10.2. The summed E-state index contributed by atoms with van der Waals surface area (Å²) in [5.74, 6) is 0.106. The highest BCUT2D eigenvalue weighted by Crippen LogP contribution is 2.19. The maximum Gasteiger partial charge on any atom is 0.270 e. The first-order valence-electron chi connectivity index (χ1n) is 5.63. The van der Waals surface area contributed by atoms with E-state index in [0.717, 1.165) is 11.4 Å². The van der Waals surface area contributed by atoms with Gasteiger partial charge in [0.25, 0.3) is 5.91 Å². The number of thiazole rings is 1. The van der Waals surface area contributed by atoms with E-state index in [1.807, 2.05) is 12.3 Å². The van der Waals surface area contributed by atoms with Crippen molar-refractivity contribution in [2.24, 2.45) is 0 Å². The lowest BCUT2D eigenvalue weighted by molar-refractivity contribution is 0.0930. The minimum atomic E-state index is -0.232. The van der Waals surface area contributed by atoms with Gasteiger partial charge < -0.3 is 11.1 Å². The molecule has 94 valence electrons. The number of anilines is 1. The smallest absolute Gasteiger partial charge is 0.270 e. The Morgan fingerprint density at radius 2 is 2.39 bits per heavy atom. The Morgan fingerprint density at radius 3 is 3.00 bits per heavy atom. The van der Waals surface area contributed by atoms with Crippen LogP contribution in [0.15, 0.2) is 29.8 Å². The first-order chi connectivity index (χ1) is 8.70. The fraction of sp³-hybridized carbons (Fsp3) is 0.250. The number of nitrogens with zero attached hydrogens (tertiary/aromatic N) is 2. The topological polar surface area (TPSA) is 80.9 Å². The lowest BCUT2D eigenvalue weighted by Gasteiger charge is -2.14. The van der Waals surface area contributed by atoms with Crippen molar-refractivity contribution in [2.45, 2.75) is 19.4 Å². The van der Waals surface area contributed by atoms with E-state index in [0.29, 0.717) is 11.5 Å². The largest absolute Gasteiger partial charge is 0.384 e. The number of pyridine rings is 1. The number of rotatable bonds is 4. The average molecular weight is 262 g/mol. The molecule has 2 heterocycles. The maximum absolute atomic E-state index is 12.0. The number of amides is 1. The van der Waals surface area contributed by atoms with Gasteiger partial charge in [-0.1, -0.05) is 13.0 Å². The molecule has 0 aliphatic heterocycles. The normalized spacial score (nSPS) is 12.1. The minimum Gasteiger partial charge on any atom is -0.384 e. The van der Waals surface area contributed by atoms with E-state index in [2.05, 4.69) is 15.3 Å². The third-order valence-corrected chi connectivity index (χ3v) is 3.36. The summed E-state index contributed by atoms with van der Waals surface area (Å²) in [6.45, 7) is 2.00. The van der Waals surface area contributed by atoms with Crippen LogP contribution < -0.4 is 11.1 Å². The van der Waals surface area contributed by atoms with Crippen molar-refractivity contribution in [1.29, 1.82) is 0 Å². The second-order valence-electron chi connectivity index (χ2n) is 3.75. The highest BCUT2D eigenvalue weighted by atomic mass is 32.1. The van der Waals surface area contributed by atoms with Crippen LogP contribution in [-0.4, -0.2) is 15.9 Å². The number of nitrogen functional groups attached to an aromatic ring is 1. The lowest BCUT2D eigenvalue weighted by Crippen LogP contribution is -2.28. The van der Waals surface area contributed by atoms with Gasteiger partial charge in [0.15, 0.2) is 0 Å². The summed E-state index contributed by atoms with van der Waals surface area (Å²) in [6, 6.07) is 4.91. The van der Waals surface area contributed by atoms with Crippen molar-refractivity contribution in [3.05, 3.63) is 40.5 Å². The zero-order valence-electron chi connectivity index (χ0n) is 9.96. The van der Waals surface area contributed by atoms with Gasteiger partial charge in [-0.15, -0.1) is 11.3 Å². The Bertz CT molecular complexity index is 527. The Kier molecular flexibility index (Phi) is 3.88. The van der Waals surface area contributed by atoms with Crippen LogP contribution in [0.25, 0.3) is 0 Å². The molecular weight excluding hydrogens is 248 g/mol. The zero-order valence-corrected chi connectivity index (χ0v) is 10.8. The van der Waals surface area contributed by atoms with Gasteiger partial charge in [-0.2, -0.15) is 0 Å². The van der Waals surface area contributed by atoms with Crippen molar-refractivity contribution in [3.8, 4) is 0 Å². The number of hydrogen-bond acceptors (Lipinski definition) is 5. The fourth-order valence-electron chi connectivity index (χ4n) is 1.56. The van der Waals surface area contributed by atoms with E-state index >= 15 is 0 Å². The van der Waals surface area contributed by atoms with Gasteiger partial charge in [0.1, 0.15) is 16.5 Å². The molecule has 3 N–H and O–H groups in total. The van der Waals surface area contributed by atoms with Crippen LogP contribution in [-0.2, 0) is 0 Å². The summed E-state index contributed by atoms with van der Waals surface area (Å²) in [5.41, 5.74) is 5.88. The molecule has 0 aromatic carbocycles. The Hall–Kier alpha value is -1.95. The van der Waals surface area contributed by atoms with Gasteiger partial charge in [0, 0.05) is 11.6 Å². The molecule has 0 bridgehead atoms. The van der Waals surface area contributed by atoms with Crippen molar-refractivity contribution in [2.75, 3.05) is 5.73 Å². The van der Waals surface area contributed by atoms with Crippen LogP contribution in [0.2, 0.25) is 0 Å². The molecule has 1 amide bonds. The van der Waals surface area contributed by atoms with E-state index in [1.54, 1.807) is 24.4 Å². The predicted molar refractivity (Wildman–Crippen MR) is 71.3 cm³/mol. The highest BCUT2D eigenvalue weighted by Gasteiger charge is 2.16. The van der Waals surface area contributed by atoms with Crippen LogP contribution in [0.4, 0.5) is 5.82 Å². The Balaban J connectivity index is 2.11. The molecule has 0 radical (unpaired) electrons. The molecule has 0 saturated heterocycles. The predicted octanol–water partition coefficient (Wildman–Crippen LogP) is 2.00. The molecule has 0 spiro atoms. The van der Waals surface area contributed by atoms with Gasteiger partial charge in [0.05, 0.1) is 6.04 Å². The molecule has 0 saturated carbocycles. The fourth-order valence-corrected chi connectivity index (χ4v) is 2.33. The Morgan fingerprint density at radius 1 is 1.56 bits per heavy atom. The van der Waals surface area contributed by atoms with E-state index < -0.39 is 0 Å². The zero-order chi connectivity index (χ0) is 13.0. The SMILES string of the molecule is CCC(NC(=O)c1cccc(N)n1)c1nccs1. The highest BCUT2D eigenvalue weighted by molar-refractivity contribution is 7.09. The average Bonchev–Trinajstić information content (AvgIpc) is 2.89. The van der Waals surface area contributed by atoms with Gasteiger partial charge in [-0.25, -0.2) is 9.97 Å². The van der Waals surface area contributed by atoms with Crippen LogP contribution in [0.5, 0.6) is 0 Å². The number of carbonyl (C=O) groups excluding carboxylic acids is 1. The first kappa shape index (κ1) is 12.5. The summed E-state index contributed by atoms with van der Waals surface area (Å²) in [7, 11) is 0. The molecule has 0 aliphatic carbocycles. The van der Waals surface area contributed by atoms with Crippen LogP contribution >= 0.6 is 11.3 Å². The standard InChI is InChI=1S/C12H14N4OS/c1-2-8(12-14-6-7-18-12)16-11(17)9-4-3-5-10(13)15-9/h3-8H,2H2,1H3,(H2,13,15)(H,16,17). The number of hydrogen-bond donors (Lipinski definition) is 2. The molecular formula is C12H14N4OS. The van der Waals surface area contributed by atoms with E-state index in [9.17, 15) is 4.79 Å². The third-order valence-electron chi connectivity index (χ3n) is 2.47. The van der Waals surface area contributed by atoms with Crippen molar-refractivity contribution < 1.29 is 4.79 Å². The monoisotopic (exact) mass is 262 g/mol. The first-order valence-corrected chi connectivity index (χ1v) is 6.51. The summed E-state index contributed by atoms with van der Waals surface area (Å²) < 4.78 is 0. The minimum absolute atomic E-state index is 0.0827. The molecule has 2 rings (SSSR count). The van der Waals surface area contributed by atoms with Gasteiger partial charge in [-0.05, 0) is 18.6 Å². The van der Waals surface area contributed by atoms with Crippen molar-refractivity contribution in [3.63, 3.8) is 0 Å². The molecule has 5 nitrogen and oxygen atoms in total. The molecule has 2 aromatic heterocycles. The molecule has 1 atom stereocenters. The number of nitrogens with two attached hydrogens (primary N) is 1. The molecule has 6 heteroatoms. The number of aromatic nitrogens is 2. The van der Waals surface area contributed by atoms with E-state index in [4.69, 9.17) is 5.73 Å². The summed E-state index contributed by atoms with van der Waals surface area (Å²) in [5, 5.41) is 5.69. The molecule has 0 aliphatic rings.